The van der Waals surface area contributed by atoms with Gasteiger partial charge in [0.05, 0.1) is 0 Å². The third kappa shape index (κ3) is 6.18. The van der Waals surface area contributed by atoms with Gasteiger partial charge in [0.1, 0.15) is 6.29 Å². The molecule has 0 heterocycles. The van der Waals surface area contributed by atoms with Gasteiger partial charge < -0.3 is 0 Å². The fourth-order valence-electron chi connectivity index (χ4n) is 2.49. The molecule has 0 aromatic heterocycles. The maximum absolute atomic E-state index is 10.8. The largest absolute Gasteiger partial charge is 0.298 e. The number of aldehydes is 1. The molecule has 0 radical (unpaired) electrons. The van der Waals surface area contributed by atoms with E-state index in [1.54, 1.807) is 0 Å². The van der Waals surface area contributed by atoms with Gasteiger partial charge in [0.15, 0.2) is 0 Å². The first-order valence-corrected chi connectivity index (χ1v) is 7.66. The van der Waals surface area contributed by atoms with Crippen molar-refractivity contribution in [2.45, 2.75) is 59.8 Å². The molecule has 0 saturated heterocycles. The lowest BCUT2D eigenvalue weighted by Crippen LogP contribution is -2.06. The van der Waals surface area contributed by atoms with Gasteiger partial charge >= 0.3 is 0 Å². The van der Waals surface area contributed by atoms with Crippen molar-refractivity contribution in [3.63, 3.8) is 0 Å². The number of hydrogen-bond acceptors (Lipinski definition) is 1. The average molecular weight is 272 g/mol. The first-order valence-electron chi connectivity index (χ1n) is 7.66. The van der Waals surface area contributed by atoms with E-state index in [9.17, 15) is 4.79 Å². The Bertz CT molecular complexity index is 442. The third-order valence-electron chi connectivity index (χ3n) is 3.83. The van der Waals surface area contributed by atoms with Crippen molar-refractivity contribution in [3.8, 4) is 0 Å². The molecule has 0 bridgehead atoms. The van der Waals surface area contributed by atoms with E-state index in [4.69, 9.17) is 0 Å². The molecule has 1 heteroatoms. The monoisotopic (exact) mass is 272 g/mol. The Morgan fingerprint density at radius 1 is 1.20 bits per heavy atom. The predicted molar refractivity (Wildman–Crippen MR) is 87.7 cm³/mol. The lowest BCUT2D eigenvalue weighted by Gasteiger charge is -2.17. The lowest BCUT2D eigenvalue weighted by atomic mass is 9.87. The van der Waals surface area contributed by atoms with E-state index in [1.165, 1.54) is 16.7 Å². The summed E-state index contributed by atoms with van der Waals surface area (Å²) in [5, 5.41) is 0. The van der Waals surface area contributed by atoms with Crippen molar-refractivity contribution >= 4 is 6.29 Å². The SMILES string of the molecule is CC(C)=CCC/C(C)=C/CCC1=CC=C(C=O)C(C)C1. The highest BCUT2D eigenvalue weighted by atomic mass is 16.1. The van der Waals surface area contributed by atoms with Crippen molar-refractivity contribution in [3.05, 3.63) is 46.6 Å². The highest BCUT2D eigenvalue weighted by Gasteiger charge is 2.13. The standard InChI is InChI=1S/C19H28O/c1-15(2)7-5-8-16(3)9-6-10-18-11-12-19(14-20)17(4)13-18/h7,9,11-12,14,17H,5-6,8,10,13H2,1-4H3/b16-9+. The molecule has 0 aromatic carbocycles. The minimum absolute atomic E-state index is 0.384. The van der Waals surface area contributed by atoms with Crippen molar-refractivity contribution in [2.75, 3.05) is 0 Å². The third-order valence-corrected chi connectivity index (χ3v) is 3.83. The molecular formula is C19H28O. The van der Waals surface area contributed by atoms with Gasteiger partial charge in [-0.1, -0.05) is 47.9 Å². The zero-order valence-corrected chi connectivity index (χ0v) is 13.4. The van der Waals surface area contributed by atoms with Crippen LogP contribution in [0.25, 0.3) is 0 Å². The molecule has 1 rings (SSSR count). The summed E-state index contributed by atoms with van der Waals surface area (Å²) < 4.78 is 0. The number of allylic oxidation sites excluding steroid dienone is 8. The number of hydrogen-bond donors (Lipinski definition) is 0. The van der Waals surface area contributed by atoms with Crippen LogP contribution in [0.3, 0.4) is 0 Å². The first kappa shape index (κ1) is 16.7. The van der Waals surface area contributed by atoms with E-state index in [0.717, 1.165) is 44.0 Å². The van der Waals surface area contributed by atoms with Gasteiger partial charge in [0.2, 0.25) is 0 Å². The molecule has 1 unspecified atom stereocenters. The van der Waals surface area contributed by atoms with Gasteiger partial charge in [0.25, 0.3) is 0 Å². The van der Waals surface area contributed by atoms with E-state index in [-0.39, 0.29) is 0 Å². The van der Waals surface area contributed by atoms with Crippen molar-refractivity contribution in [1.29, 1.82) is 0 Å². The minimum Gasteiger partial charge on any atom is -0.298 e. The minimum atomic E-state index is 0.384. The average Bonchev–Trinajstić information content (AvgIpc) is 2.38. The van der Waals surface area contributed by atoms with Crippen LogP contribution in [-0.4, -0.2) is 6.29 Å². The molecule has 0 N–H and O–H groups in total. The lowest BCUT2D eigenvalue weighted by molar-refractivity contribution is -0.105. The smallest absolute Gasteiger partial charge is 0.146 e. The summed E-state index contributed by atoms with van der Waals surface area (Å²) >= 11 is 0. The zero-order valence-electron chi connectivity index (χ0n) is 13.4. The fourth-order valence-corrected chi connectivity index (χ4v) is 2.49. The van der Waals surface area contributed by atoms with E-state index in [0.29, 0.717) is 5.92 Å². The molecule has 0 aliphatic heterocycles. The van der Waals surface area contributed by atoms with Gasteiger partial charge in [0, 0.05) is 0 Å². The summed E-state index contributed by atoms with van der Waals surface area (Å²) in [6.07, 6.45) is 15.4. The molecule has 0 aromatic rings. The Labute approximate surface area is 124 Å². The molecule has 20 heavy (non-hydrogen) atoms. The molecule has 0 fully saturated rings. The van der Waals surface area contributed by atoms with Crippen LogP contribution >= 0.6 is 0 Å². The van der Waals surface area contributed by atoms with E-state index in [2.05, 4.69) is 45.9 Å². The Kier molecular flexibility index (Phi) is 7.28. The van der Waals surface area contributed by atoms with Crippen molar-refractivity contribution in [1.82, 2.24) is 0 Å². The van der Waals surface area contributed by atoms with E-state index in [1.807, 2.05) is 6.08 Å². The molecule has 1 nitrogen and oxygen atoms in total. The van der Waals surface area contributed by atoms with Gasteiger partial charge in [-0.15, -0.1) is 0 Å². The van der Waals surface area contributed by atoms with Crippen molar-refractivity contribution in [2.24, 2.45) is 5.92 Å². The summed E-state index contributed by atoms with van der Waals surface area (Å²) in [7, 11) is 0. The second-order valence-corrected chi connectivity index (χ2v) is 6.12. The zero-order chi connectivity index (χ0) is 15.0. The van der Waals surface area contributed by atoms with Crippen LogP contribution in [0.5, 0.6) is 0 Å². The maximum Gasteiger partial charge on any atom is 0.146 e. The van der Waals surface area contributed by atoms with E-state index >= 15 is 0 Å². The van der Waals surface area contributed by atoms with Crippen LogP contribution in [0, 0.1) is 5.92 Å². The highest BCUT2D eigenvalue weighted by Crippen LogP contribution is 2.26. The number of rotatable bonds is 7. The topological polar surface area (TPSA) is 17.1 Å². The quantitative estimate of drug-likeness (QED) is 0.438. The van der Waals surface area contributed by atoms with E-state index < -0.39 is 0 Å². The summed E-state index contributed by atoms with van der Waals surface area (Å²) in [4.78, 5) is 10.8. The molecule has 0 amide bonds. The van der Waals surface area contributed by atoms with Crippen LogP contribution in [0.15, 0.2) is 46.6 Å². The molecular weight excluding hydrogens is 244 g/mol. The highest BCUT2D eigenvalue weighted by molar-refractivity contribution is 5.75. The Balaban J connectivity index is 2.37. The Morgan fingerprint density at radius 2 is 1.95 bits per heavy atom. The van der Waals surface area contributed by atoms with Gasteiger partial charge in [-0.25, -0.2) is 0 Å². The predicted octanol–water partition coefficient (Wildman–Crippen LogP) is 5.55. The Hall–Kier alpha value is -1.37. The van der Waals surface area contributed by atoms with Crippen LogP contribution < -0.4 is 0 Å². The summed E-state index contributed by atoms with van der Waals surface area (Å²) in [5.74, 6) is 0.384. The van der Waals surface area contributed by atoms with Crippen LogP contribution in [0.4, 0.5) is 0 Å². The molecule has 1 aliphatic rings. The molecule has 110 valence electrons. The first-order chi connectivity index (χ1) is 9.52. The molecule has 0 saturated carbocycles. The van der Waals surface area contributed by atoms with Crippen LogP contribution in [0.1, 0.15) is 59.8 Å². The summed E-state index contributed by atoms with van der Waals surface area (Å²) in [6.45, 7) is 8.66. The molecule has 1 atom stereocenters. The van der Waals surface area contributed by atoms with Crippen LogP contribution in [-0.2, 0) is 4.79 Å². The van der Waals surface area contributed by atoms with Gasteiger partial charge in [-0.05, 0) is 64.4 Å². The van der Waals surface area contributed by atoms with Crippen molar-refractivity contribution < 1.29 is 4.79 Å². The molecule has 1 aliphatic carbocycles. The second kappa shape index (κ2) is 8.73. The summed E-state index contributed by atoms with van der Waals surface area (Å²) in [6, 6.07) is 0. The summed E-state index contributed by atoms with van der Waals surface area (Å²) in [5.41, 5.74) is 5.28. The number of carbonyl (C=O) groups excluding carboxylic acids is 1. The normalized spacial score (nSPS) is 19.2. The number of carbonyl (C=O) groups is 1. The van der Waals surface area contributed by atoms with Gasteiger partial charge in [-0.2, -0.15) is 0 Å². The van der Waals surface area contributed by atoms with Gasteiger partial charge in [-0.3, -0.25) is 4.79 Å². The maximum atomic E-state index is 10.8. The van der Waals surface area contributed by atoms with Crippen LogP contribution in [0.2, 0.25) is 0 Å². The fraction of sp³-hybridized carbons (Fsp3) is 0.526. The second-order valence-electron chi connectivity index (χ2n) is 6.12. The Morgan fingerprint density at radius 3 is 2.55 bits per heavy atom. The molecule has 0 spiro atoms.